The molecule has 176 valence electrons. The van der Waals surface area contributed by atoms with Crippen LogP contribution in [-0.2, 0) is 21.2 Å². The number of ether oxygens (including phenoxy) is 1. The molecule has 0 unspecified atom stereocenters. The molecule has 0 spiro atoms. The number of aromatic nitrogens is 2. The number of rotatable bonds is 9. The fourth-order valence-corrected chi connectivity index (χ4v) is 5.68. The highest BCUT2D eigenvalue weighted by Gasteiger charge is 2.22. The van der Waals surface area contributed by atoms with Gasteiger partial charge in [0.1, 0.15) is 11.6 Å². The molecule has 34 heavy (non-hydrogen) atoms. The van der Waals surface area contributed by atoms with E-state index in [2.05, 4.69) is 9.97 Å². The van der Waals surface area contributed by atoms with Crippen LogP contribution in [0.5, 0.6) is 5.75 Å². The van der Waals surface area contributed by atoms with Crippen molar-refractivity contribution in [2.24, 2.45) is 0 Å². The minimum absolute atomic E-state index is 0.00645. The van der Waals surface area contributed by atoms with Gasteiger partial charge in [-0.3, -0.25) is 14.7 Å². The number of carbonyl (C=O) groups excluding carboxylic acids is 1. The van der Waals surface area contributed by atoms with E-state index < -0.39 is 15.7 Å². The fraction of sp³-hybridized carbons (Fsp3) is 0.208. The Hall–Kier alpha value is -3.37. The number of carbonyl (C=O) groups is 1. The Kier molecular flexibility index (Phi) is 7.18. The summed E-state index contributed by atoms with van der Waals surface area (Å²) in [5, 5.41) is 0.500. The minimum atomic E-state index is -3.63. The minimum Gasteiger partial charge on any atom is -0.497 e. The largest absolute Gasteiger partial charge is 0.497 e. The van der Waals surface area contributed by atoms with E-state index >= 15 is 0 Å². The quantitative estimate of drug-likeness (QED) is 0.312. The predicted molar refractivity (Wildman–Crippen MR) is 129 cm³/mol. The van der Waals surface area contributed by atoms with Gasteiger partial charge in [0.15, 0.2) is 15.0 Å². The molecule has 0 N–H and O–H groups in total. The number of methoxy groups -OCH3 is 1. The second-order valence-corrected chi connectivity index (χ2v) is 10.6. The summed E-state index contributed by atoms with van der Waals surface area (Å²) >= 11 is 1.35. The first kappa shape index (κ1) is 23.8. The van der Waals surface area contributed by atoms with Crippen LogP contribution in [0.25, 0.3) is 10.2 Å². The summed E-state index contributed by atoms with van der Waals surface area (Å²) in [4.78, 5) is 23.7. The SMILES string of the molecule is COc1ccc2nc(N(Cc3ccccn3)C(=O)CCCS(=O)(=O)c3ccc(F)cc3)sc2c1. The van der Waals surface area contributed by atoms with Crippen LogP contribution in [0.1, 0.15) is 18.5 Å². The number of fused-ring (bicyclic) bond motifs is 1. The van der Waals surface area contributed by atoms with Gasteiger partial charge in [0.05, 0.1) is 40.2 Å². The summed E-state index contributed by atoms with van der Waals surface area (Å²) in [7, 11) is -2.04. The van der Waals surface area contributed by atoms with Crippen molar-refractivity contribution in [3.63, 3.8) is 0 Å². The van der Waals surface area contributed by atoms with Crippen molar-refractivity contribution in [3.05, 3.63) is 78.4 Å². The van der Waals surface area contributed by atoms with Crippen molar-refractivity contribution in [2.75, 3.05) is 17.8 Å². The maximum atomic E-state index is 13.2. The van der Waals surface area contributed by atoms with E-state index in [0.717, 1.165) is 22.3 Å². The maximum absolute atomic E-state index is 13.2. The summed E-state index contributed by atoms with van der Waals surface area (Å²) < 4.78 is 44.4. The third kappa shape index (κ3) is 5.57. The molecule has 10 heteroatoms. The molecule has 0 aliphatic rings. The van der Waals surface area contributed by atoms with Crippen molar-refractivity contribution in [2.45, 2.75) is 24.3 Å². The van der Waals surface area contributed by atoms with Crippen LogP contribution < -0.4 is 9.64 Å². The lowest BCUT2D eigenvalue weighted by Gasteiger charge is -2.19. The average Bonchev–Trinajstić information content (AvgIpc) is 3.26. The van der Waals surface area contributed by atoms with Gasteiger partial charge in [-0.05, 0) is 61.0 Å². The Morgan fingerprint density at radius 2 is 1.91 bits per heavy atom. The van der Waals surface area contributed by atoms with E-state index in [-0.39, 0.29) is 35.9 Å². The van der Waals surface area contributed by atoms with Crippen LogP contribution in [0, 0.1) is 5.82 Å². The molecule has 0 saturated heterocycles. The maximum Gasteiger partial charge on any atom is 0.229 e. The summed E-state index contributed by atoms with van der Waals surface area (Å²) in [6.45, 7) is 0.210. The predicted octanol–water partition coefficient (Wildman–Crippen LogP) is 4.63. The van der Waals surface area contributed by atoms with Crippen molar-refractivity contribution in [3.8, 4) is 5.75 Å². The Morgan fingerprint density at radius 1 is 1.12 bits per heavy atom. The fourth-order valence-electron chi connectivity index (χ4n) is 3.36. The van der Waals surface area contributed by atoms with Crippen LogP contribution >= 0.6 is 11.3 Å². The molecule has 0 atom stereocenters. The van der Waals surface area contributed by atoms with E-state index in [0.29, 0.717) is 16.6 Å². The first-order chi connectivity index (χ1) is 16.4. The van der Waals surface area contributed by atoms with E-state index in [1.165, 1.54) is 28.4 Å². The Labute approximate surface area is 200 Å². The van der Waals surface area contributed by atoms with Gasteiger partial charge >= 0.3 is 0 Å². The molecule has 7 nitrogen and oxygen atoms in total. The lowest BCUT2D eigenvalue weighted by atomic mass is 10.2. The third-order valence-corrected chi connectivity index (χ3v) is 8.00. The number of anilines is 1. The zero-order valence-electron chi connectivity index (χ0n) is 18.3. The number of thiazole rings is 1. The first-order valence-electron chi connectivity index (χ1n) is 10.5. The molecule has 0 aliphatic heterocycles. The highest BCUT2D eigenvalue weighted by Crippen LogP contribution is 2.32. The van der Waals surface area contributed by atoms with Gasteiger partial charge in [-0.2, -0.15) is 0 Å². The van der Waals surface area contributed by atoms with E-state index in [1.807, 2.05) is 24.3 Å². The number of nitrogens with zero attached hydrogens (tertiary/aromatic N) is 3. The first-order valence-corrected chi connectivity index (χ1v) is 13.0. The van der Waals surface area contributed by atoms with E-state index in [9.17, 15) is 17.6 Å². The lowest BCUT2D eigenvalue weighted by Crippen LogP contribution is -2.30. The second kappa shape index (κ2) is 10.3. The normalized spacial score (nSPS) is 11.5. The third-order valence-electron chi connectivity index (χ3n) is 5.14. The van der Waals surface area contributed by atoms with Gasteiger partial charge in [-0.15, -0.1) is 0 Å². The molecular formula is C24H22FN3O4S2. The van der Waals surface area contributed by atoms with Gasteiger partial charge in [0, 0.05) is 12.6 Å². The van der Waals surface area contributed by atoms with Crippen molar-refractivity contribution in [1.82, 2.24) is 9.97 Å². The second-order valence-electron chi connectivity index (χ2n) is 7.51. The number of pyridine rings is 1. The Balaban J connectivity index is 1.53. The van der Waals surface area contributed by atoms with E-state index in [4.69, 9.17) is 4.74 Å². The number of hydrogen-bond acceptors (Lipinski definition) is 7. The highest BCUT2D eigenvalue weighted by molar-refractivity contribution is 7.91. The zero-order valence-corrected chi connectivity index (χ0v) is 20.0. The number of hydrogen-bond donors (Lipinski definition) is 0. The number of benzene rings is 2. The molecule has 1 amide bonds. The molecule has 0 fully saturated rings. The van der Waals surface area contributed by atoms with Gasteiger partial charge < -0.3 is 4.74 Å². The molecule has 0 saturated carbocycles. The van der Waals surface area contributed by atoms with Crippen molar-refractivity contribution in [1.29, 1.82) is 0 Å². The molecule has 2 aromatic carbocycles. The van der Waals surface area contributed by atoms with Crippen LogP contribution in [-0.4, -0.2) is 37.2 Å². The number of halogens is 1. The molecular weight excluding hydrogens is 477 g/mol. The van der Waals surface area contributed by atoms with E-state index in [1.54, 1.807) is 25.4 Å². The zero-order chi connectivity index (χ0) is 24.1. The topological polar surface area (TPSA) is 89.5 Å². The average molecular weight is 500 g/mol. The van der Waals surface area contributed by atoms with Gasteiger partial charge in [-0.1, -0.05) is 17.4 Å². The van der Waals surface area contributed by atoms with Crippen LogP contribution in [0.4, 0.5) is 9.52 Å². The smallest absolute Gasteiger partial charge is 0.229 e. The summed E-state index contributed by atoms with van der Waals surface area (Å²) in [6, 6.07) is 15.6. The van der Waals surface area contributed by atoms with Gasteiger partial charge in [0.2, 0.25) is 5.91 Å². The Morgan fingerprint density at radius 3 is 2.62 bits per heavy atom. The number of sulfone groups is 1. The van der Waals surface area contributed by atoms with Gasteiger partial charge in [-0.25, -0.2) is 17.8 Å². The van der Waals surface area contributed by atoms with Crippen LogP contribution in [0.3, 0.4) is 0 Å². The molecule has 0 aliphatic carbocycles. The highest BCUT2D eigenvalue weighted by atomic mass is 32.2. The van der Waals surface area contributed by atoms with Crippen LogP contribution in [0.2, 0.25) is 0 Å². The molecule has 4 aromatic rings. The summed E-state index contributed by atoms with van der Waals surface area (Å²) in [5.41, 5.74) is 1.42. The van der Waals surface area contributed by atoms with Crippen molar-refractivity contribution < 1.29 is 22.3 Å². The molecule has 2 aromatic heterocycles. The standard InChI is InChI=1S/C24H22FN3O4S2/c1-32-19-9-12-21-22(15-19)33-24(27-21)28(16-18-5-2-3-13-26-18)23(29)6-4-14-34(30,31)20-10-7-17(25)8-11-20/h2-3,5,7-13,15H,4,6,14,16H2,1H3. The Bertz CT molecular complexity index is 1390. The molecule has 4 rings (SSSR count). The summed E-state index contributed by atoms with van der Waals surface area (Å²) in [5.74, 6) is -0.297. The number of amides is 1. The van der Waals surface area contributed by atoms with Crippen molar-refractivity contribution >= 4 is 42.4 Å². The summed E-state index contributed by atoms with van der Waals surface area (Å²) in [6.07, 6.45) is 1.78. The van der Waals surface area contributed by atoms with Crippen LogP contribution in [0.15, 0.2) is 71.8 Å². The lowest BCUT2D eigenvalue weighted by molar-refractivity contribution is -0.118. The van der Waals surface area contributed by atoms with Gasteiger partial charge in [0.25, 0.3) is 0 Å². The molecule has 0 bridgehead atoms. The molecule has 0 radical (unpaired) electrons. The monoisotopic (exact) mass is 499 g/mol. The molecule has 2 heterocycles.